The van der Waals surface area contributed by atoms with Gasteiger partial charge in [-0.05, 0) is 0 Å². The Hall–Kier alpha value is 0.360. The van der Waals surface area contributed by atoms with E-state index in [0.717, 1.165) is 0 Å². The minimum absolute atomic E-state index is 0.216. The molecule has 1 aliphatic heterocycles. The molecule has 2 atom stereocenters. The van der Waals surface area contributed by atoms with E-state index in [1.807, 2.05) is 0 Å². The van der Waals surface area contributed by atoms with E-state index in [0.29, 0.717) is 0 Å². The largest absolute Gasteiger partial charge is 0.306 e. The summed E-state index contributed by atoms with van der Waals surface area (Å²) in [5.74, 6) is 0. The fourth-order valence-electron chi connectivity index (χ4n) is 0.250. The highest BCUT2D eigenvalue weighted by molar-refractivity contribution is 7.75. The average molecular weight is 143 g/mol. The van der Waals surface area contributed by atoms with Crippen LogP contribution >= 0.6 is 11.6 Å². The predicted molar refractivity (Wildman–Crippen MR) is 24.8 cm³/mol. The molecule has 2 unspecified atom stereocenters. The summed E-state index contributed by atoms with van der Waals surface area (Å²) in [6.45, 7) is 0.216. The van der Waals surface area contributed by atoms with Crippen LogP contribution in [0, 0.1) is 0 Å². The third-order valence-corrected chi connectivity index (χ3v) is 1.52. The van der Waals surface area contributed by atoms with Crippen LogP contribution in [0.5, 0.6) is 0 Å². The van der Waals surface area contributed by atoms with Gasteiger partial charge in [-0.25, -0.2) is 4.18 Å². The van der Waals surface area contributed by atoms with Gasteiger partial charge in [-0.15, -0.1) is 0 Å². The van der Waals surface area contributed by atoms with Crippen molar-refractivity contribution in [3.63, 3.8) is 0 Å². The highest BCUT2D eigenvalue weighted by Gasteiger charge is 2.19. The van der Waals surface area contributed by atoms with Crippen LogP contribution in [0.2, 0.25) is 0 Å². The second kappa shape index (κ2) is 2.09. The van der Waals surface area contributed by atoms with E-state index < -0.39 is 16.9 Å². The van der Waals surface area contributed by atoms with Gasteiger partial charge in [0.1, 0.15) is 6.61 Å². The van der Waals surface area contributed by atoms with Crippen molar-refractivity contribution in [3.05, 3.63) is 0 Å². The fourth-order valence-corrected chi connectivity index (χ4v) is 1.08. The Morgan fingerprint density at radius 1 is 1.86 bits per heavy atom. The lowest BCUT2D eigenvalue weighted by molar-refractivity contribution is 0.325. The van der Waals surface area contributed by atoms with Crippen LogP contribution in [0.1, 0.15) is 0 Å². The minimum Gasteiger partial charge on any atom is -0.264 e. The van der Waals surface area contributed by atoms with Crippen molar-refractivity contribution in [1.29, 1.82) is 0 Å². The molecule has 0 saturated carbocycles. The molecule has 0 aromatic rings. The molecule has 1 heterocycles. The van der Waals surface area contributed by atoms with Gasteiger partial charge in [-0.1, -0.05) is 11.6 Å². The van der Waals surface area contributed by atoms with E-state index in [9.17, 15) is 4.21 Å². The SMILES string of the molecule is O=S1OCC(Cl)O1. The van der Waals surface area contributed by atoms with Crippen molar-refractivity contribution in [2.75, 3.05) is 6.61 Å². The average Bonchev–Trinajstić information content (AvgIpc) is 1.87. The Labute approximate surface area is 48.4 Å². The normalized spacial score (nSPS) is 41.9. The molecule has 5 heteroatoms. The van der Waals surface area contributed by atoms with Crippen LogP contribution in [-0.2, 0) is 19.7 Å². The van der Waals surface area contributed by atoms with Gasteiger partial charge in [0.25, 0.3) is 0 Å². The smallest absolute Gasteiger partial charge is 0.264 e. The van der Waals surface area contributed by atoms with E-state index >= 15 is 0 Å². The van der Waals surface area contributed by atoms with Crippen LogP contribution < -0.4 is 0 Å². The summed E-state index contributed by atoms with van der Waals surface area (Å²) in [5, 5.41) is 0. The van der Waals surface area contributed by atoms with Crippen molar-refractivity contribution >= 4 is 23.0 Å². The van der Waals surface area contributed by atoms with Gasteiger partial charge < -0.3 is 0 Å². The molecule has 1 fully saturated rings. The van der Waals surface area contributed by atoms with Gasteiger partial charge in [-0.2, -0.15) is 4.21 Å². The third-order valence-electron chi connectivity index (χ3n) is 0.478. The molecule has 1 aliphatic rings. The van der Waals surface area contributed by atoms with Crippen LogP contribution in [0.3, 0.4) is 0 Å². The third kappa shape index (κ3) is 1.38. The summed E-state index contributed by atoms with van der Waals surface area (Å²) in [4.78, 5) is 0. The van der Waals surface area contributed by atoms with E-state index in [1.165, 1.54) is 0 Å². The molecular weight excluding hydrogens is 140 g/mol. The van der Waals surface area contributed by atoms with Gasteiger partial charge >= 0.3 is 11.4 Å². The number of hydrogen-bond acceptors (Lipinski definition) is 3. The molecule has 7 heavy (non-hydrogen) atoms. The maximum atomic E-state index is 10.0. The molecule has 1 saturated heterocycles. The zero-order valence-corrected chi connectivity index (χ0v) is 4.87. The Morgan fingerprint density at radius 2 is 2.57 bits per heavy atom. The molecule has 3 nitrogen and oxygen atoms in total. The van der Waals surface area contributed by atoms with Gasteiger partial charge in [0, 0.05) is 0 Å². The first-order chi connectivity index (χ1) is 3.29. The van der Waals surface area contributed by atoms with Gasteiger partial charge in [0.05, 0.1) is 0 Å². The Morgan fingerprint density at radius 3 is 2.71 bits per heavy atom. The van der Waals surface area contributed by atoms with Crippen molar-refractivity contribution in [3.8, 4) is 0 Å². The second-order valence-corrected chi connectivity index (χ2v) is 2.32. The fraction of sp³-hybridized carbons (Fsp3) is 1.00. The van der Waals surface area contributed by atoms with E-state index in [1.54, 1.807) is 0 Å². The predicted octanol–water partition coefficient (Wildman–Crippen LogP) is 0.177. The molecule has 0 aromatic carbocycles. The second-order valence-electron chi connectivity index (χ2n) is 0.995. The monoisotopic (exact) mass is 142 g/mol. The zero-order chi connectivity index (χ0) is 5.28. The van der Waals surface area contributed by atoms with Crippen molar-refractivity contribution in [1.82, 2.24) is 0 Å². The molecule has 0 aromatic heterocycles. The minimum atomic E-state index is -1.58. The molecule has 0 amide bonds. The van der Waals surface area contributed by atoms with Crippen molar-refractivity contribution in [2.24, 2.45) is 0 Å². The lowest BCUT2D eigenvalue weighted by Crippen LogP contribution is -1.96. The summed E-state index contributed by atoms with van der Waals surface area (Å²) in [6.07, 6.45) is 0. The molecule has 0 N–H and O–H groups in total. The summed E-state index contributed by atoms with van der Waals surface area (Å²) in [5.41, 5.74) is -0.527. The number of hydrogen-bond donors (Lipinski definition) is 0. The van der Waals surface area contributed by atoms with Gasteiger partial charge in [0.2, 0.25) is 0 Å². The molecule has 0 aliphatic carbocycles. The van der Waals surface area contributed by atoms with E-state index in [-0.39, 0.29) is 6.61 Å². The van der Waals surface area contributed by atoms with Crippen LogP contribution in [0.25, 0.3) is 0 Å². The molecular formula is C2H3ClO3S. The number of alkyl halides is 1. The maximum absolute atomic E-state index is 10.0. The van der Waals surface area contributed by atoms with Crippen LogP contribution in [0.4, 0.5) is 0 Å². The summed E-state index contributed by atoms with van der Waals surface area (Å²) >= 11 is 3.68. The van der Waals surface area contributed by atoms with Crippen molar-refractivity contribution in [2.45, 2.75) is 5.56 Å². The molecule has 42 valence electrons. The Kier molecular flexibility index (Phi) is 1.64. The van der Waals surface area contributed by atoms with Crippen LogP contribution in [-0.4, -0.2) is 16.4 Å². The maximum Gasteiger partial charge on any atom is 0.306 e. The Balaban J connectivity index is 2.40. The van der Waals surface area contributed by atoms with Gasteiger partial charge in [-0.3, -0.25) is 4.18 Å². The highest BCUT2D eigenvalue weighted by atomic mass is 35.5. The topological polar surface area (TPSA) is 35.5 Å². The standard InChI is InChI=1S/C2H3ClO3S/c3-2-1-5-7(4)6-2/h2H,1H2. The summed E-state index contributed by atoms with van der Waals surface area (Å²) in [6, 6.07) is 0. The van der Waals surface area contributed by atoms with Gasteiger partial charge in [0.15, 0.2) is 5.56 Å². The highest BCUT2D eigenvalue weighted by Crippen LogP contribution is 2.10. The lowest BCUT2D eigenvalue weighted by Gasteiger charge is -1.85. The number of rotatable bonds is 0. The van der Waals surface area contributed by atoms with E-state index in [2.05, 4.69) is 8.37 Å². The Bertz CT molecular complexity index is 94.9. The first-order valence-corrected chi connectivity index (χ1v) is 3.09. The quantitative estimate of drug-likeness (QED) is 0.453. The zero-order valence-electron chi connectivity index (χ0n) is 3.30. The summed E-state index contributed by atoms with van der Waals surface area (Å²) < 4.78 is 18.8. The van der Waals surface area contributed by atoms with Crippen LogP contribution in [0.15, 0.2) is 0 Å². The number of halogens is 1. The molecule has 0 bridgehead atoms. The summed E-state index contributed by atoms with van der Waals surface area (Å²) in [7, 11) is 0. The lowest BCUT2D eigenvalue weighted by atomic mass is 10.8. The molecule has 0 spiro atoms. The first-order valence-electron chi connectivity index (χ1n) is 1.65. The first kappa shape index (κ1) is 5.50. The van der Waals surface area contributed by atoms with Crippen molar-refractivity contribution < 1.29 is 12.6 Å². The van der Waals surface area contributed by atoms with E-state index in [4.69, 9.17) is 11.6 Å². The molecule has 0 radical (unpaired) electrons. The molecule has 1 rings (SSSR count).